The summed E-state index contributed by atoms with van der Waals surface area (Å²) in [5, 5.41) is 12.9. The fraction of sp³-hybridized carbons (Fsp3) is 0.346. The van der Waals surface area contributed by atoms with Crippen molar-refractivity contribution in [3.8, 4) is 28.6 Å². The van der Waals surface area contributed by atoms with E-state index in [0.29, 0.717) is 56.2 Å². The lowest BCUT2D eigenvalue weighted by Gasteiger charge is -2.30. The Balaban J connectivity index is 1.52. The SMILES string of the molecule is N#Cc1cc(-c2ccnc(-c3ccc(S(=O)(=O)N4CCOCC4)cc3)c2)n(OC(=O)C(F)(F)F)c1N1CCNCC1. The molecule has 11 nitrogen and oxygen atoms in total. The molecule has 2 aromatic heterocycles. The molecule has 0 saturated carbocycles. The average Bonchev–Trinajstić information content (AvgIpc) is 3.36. The Morgan fingerprint density at radius 3 is 2.34 bits per heavy atom. The van der Waals surface area contributed by atoms with Crippen LogP contribution in [-0.2, 0) is 19.6 Å². The minimum atomic E-state index is -5.26. The van der Waals surface area contributed by atoms with Crippen LogP contribution in [0.1, 0.15) is 5.56 Å². The smallest absolute Gasteiger partial charge is 0.379 e. The Morgan fingerprint density at radius 1 is 1.02 bits per heavy atom. The maximum absolute atomic E-state index is 13.2. The Hall–Kier alpha value is -3.97. The molecule has 41 heavy (non-hydrogen) atoms. The first kappa shape index (κ1) is 28.6. The van der Waals surface area contributed by atoms with Gasteiger partial charge in [-0.05, 0) is 30.3 Å². The van der Waals surface area contributed by atoms with E-state index in [1.54, 1.807) is 23.1 Å². The van der Waals surface area contributed by atoms with E-state index in [4.69, 9.17) is 9.57 Å². The molecule has 1 aromatic carbocycles. The number of sulfonamides is 1. The quantitative estimate of drug-likeness (QED) is 0.459. The van der Waals surface area contributed by atoms with E-state index in [0.717, 1.165) is 4.73 Å². The molecule has 0 spiro atoms. The number of nitriles is 1. The zero-order chi connectivity index (χ0) is 29.2. The summed E-state index contributed by atoms with van der Waals surface area (Å²) in [4.78, 5) is 22.8. The van der Waals surface area contributed by atoms with Gasteiger partial charge in [0.1, 0.15) is 6.07 Å². The maximum Gasteiger partial charge on any atom is 0.493 e. The average molecular weight is 591 g/mol. The number of aromatic nitrogens is 2. The predicted octanol–water partition coefficient (Wildman–Crippen LogP) is 2.04. The Bertz CT molecular complexity index is 1570. The van der Waals surface area contributed by atoms with E-state index in [2.05, 4.69) is 10.3 Å². The van der Waals surface area contributed by atoms with Crippen LogP contribution >= 0.6 is 0 Å². The molecule has 2 aliphatic rings. The number of hydrogen-bond acceptors (Lipinski definition) is 9. The molecule has 1 N–H and O–H groups in total. The van der Waals surface area contributed by atoms with Crippen molar-refractivity contribution in [2.24, 2.45) is 0 Å². The fourth-order valence-electron chi connectivity index (χ4n) is 4.65. The minimum absolute atomic E-state index is 0.0351. The fourth-order valence-corrected chi connectivity index (χ4v) is 6.06. The van der Waals surface area contributed by atoms with Crippen molar-refractivity contribution in [3.05, 3.63) is 54.2 Å². The molecule has 5 rings (SSSR count). The van der Waals surface area contributed by atoms with E-state index in [-0.39, 0.29) is 35.1 Å². The molecular formula is C26H25F3N6O5S. The number of rotatable bonds is 6. The van der Waals surface area contributed by atoms with Gasteiger partial charge in [0.25, 0.3) is 0 Å². The number of anilines is 1. The molecule has 2 fully saturated rings. The maximum atomic E-state index is 13.2. The van der Waals surface area contributed by atoms with Gasteiger partial charge < -0.3 is 19.8 Å². The molecule has 0 amide bonds. The lowest BCUT2D eigenvalue weighted by atomic mass is 10.1. The Morgan fingerprint density at radius 2 is 1.71 bits per heavy atom. The first-order valence-electron chi connectivity index (χ1n) is 12.7. The van der Waals surface area contributed by atoms with Gasteiger partial charge in [-0.3, -0.25) is 4.98 Å². The van der Waals surface area contributed by atoms with Crippen molar-refractivity contribution in [1.82, 2.24) is 19.3 Å². The number of carbonyl (C=O) groups is 1. The van der Waals surface area contributed by atoms with Gasteiger partial charge >= 0.3 is 12.1 Å². The van der Waals surface area contributed by atoms with Gasteiger partial charge in [-0.1, -0.05) is 12.1 Å². The third-order valence-corrected chi connectivity index (χ3v) is 8.60. The van der Waals surface area contributed by atoms with Crippen LogP contribution in [-0.4, -0.2) is 87.1 Å². The number of nitrogens with zero attached hydrogens (tertiary/aromatic N) is 5. The minimum Gasteiger partial charge on any atom is -0.379 e. The number of hydrogen-bond donors (Lipinski definition) is 1. The molecule has 2 aliphatic heterocycles. The second-order valence-electron chi connectivity index (χ2n) is 9.26. The number of halogens is 3. The summed E-state index contributed by atoms with van der Waals surface area (Å²) in [6.07, 6.45) is -3.84. The van der Waals surface area contributed by atoms with Crippen LogP contribution in [0.25, 0.3) is 22.5 Å². The molecule has 0 aliphatic carbocycles. The van der Waals surface area contributed by atoms with E-state index < -0.39 is 22.2 Å². The van der Waals surface area contributed by atoms with Gasteiger partial charge in [0.2, 0.25) is 10.0 Å². The molecule has 2 saturated heterocycles. The lowest BCUT2D eigenvalue weighted by Crippen LogP contribution is -2.45. The summed E-state index contributed by atoms with van der Waals surface area (Å²) < 4.78 is 72.9. The summed E-state index contributed by atoms with van der Waals surface area (Å²) in [6, 6.07) is 12.5. The highest BCUT2D eigenvalue weighted by atomic mass is 32.2. The van der Waals surface area contributed by atoms with Crippen LogP contribution in [0.4, 0.5) is 19.0 Å². The summed E-state index contributed by atoms with van der Waals surface area (Å²) in [7, 11) is -3.71. The molecule has 0 bridgehead atoms. The van der Waals surface area contributed by atoms with Crippen molar-refractivity contribution in [2.45, 2.75) is 11.1 Å². The molecule has 216 valence electrons. The van der Waals surface area contributed by atoms with Gasteiger partial charge in [0.15, 0.2) is 5.82 Å². The number of piperazine rings is 1. The summed E-state index contributed by atoms with van der Waals surface area (Å²) >= 11 is 0. The van der Waals surface area contributed by atoms with E-state index in [1.165, 1.54) is 34.8 Å². The zero-order valence-corrected chi connectivity index (χ0v) is 22.4. The summed E-state index contributed by atoms with van der Waals surface area (Å²) in [6.45, 7) is 2.95. The van der Waals surface area contributed by atoms with Gasteiger partial charge in [0, 0.05) is 56.6 Å². The van der Waals surface area contributed by atoms with Crippen molar-refractivity contribution in [3.63, 3.8) is 0 Å². The third kappa shape index (κ3) is 5.91. The van der Waals surface area contributed by atoms with Crippen LogP contribution < -0.4 is 15.1 Å². The molecule has 15 heteroatoms. The Labute approximate surface area is 233 Å². The normalized spacial score (nSPS) is 16.8. The monoisotopic (exact) mass is 590 g/mol. The van der Waals surface area contributed by atoms with E-state index in [9.17, 15) is 31.6 Å². The number of pyridine rings is 1. The van der Waals surface area contributed by atoms with Gasteiger partial charge in [-0.25, -0.2) is 13.2 Å². The standard InChI is InChI=1S/C26H25F3N6O5S/c27-26(28,29)25(36)40-35-23(16-20(17-30)24(35)33-9-7-31-8-10-33)19-5-6-32-22(15-19)18-1-3-21(4-2-18)41(37,38)34-11-13-39-14-12-34/h1-6,15-16,31H,7-14H2. The second kappa shape index (κ2) is 11.5. The highest BCUT2D eigenvalue weighted by molar-refractivity contribution is 7.89. The molecular weight excluding hydrogens is 565 g/mol. The molecule has 4 heterocycles. The van der Waals surface area contributed by atoms with E-state index >= 15 is 0 Å². The largest absolute Gasteiger partial charge is 0.493 e. The van der Waals surface area contributed by atoms with Crippen LogP contribution in [0.15, 0.2) is 53.6 Å². The third-order valence-electron chi connectivity index (χ3n) is 6.69. The molecule has 0 radical (unpaired) electrons. The highest BCUT2D eigenvalue weighted by Gasteiger charge is 2.43. The van der Waals surface area contributed by atoms with Gasteiger partial charge in [-0.2, -0.15) is 27.5 Å². The molecule has 0 unspecified atom stereocenters. The number of benzene rings is 1. The van der Waals surface area contributed by atoms with E-state index in [1.807, 2.05) is 6.07 Å². The topological polar surface area (TPSA) is 130 Å². The summed E-state index contributed by atoms with van der Waals surface area (Å²) in [5.41, 5.74) is 1.33. The highest BCUT2D eigenvalue weighted by Crippen LogP contribution is 2.34. The lowest BCUT2D eigenvalue weighted by molar-refractivity contribution is -0.199. The first-order chi connectivity index (χ1) is 19.6. The van der Waals surface area contributed by atoms with Crippen molar-refractivity contribution >= 4 is 21.8 Å². The van der Waals surface area contributed by atoms with Crippen LogP contribution in [0.2, 0.25) is 0 Å². The predicted molar refractivity (Wildman–Crippen MR) is 140 cm³/mol. The molecule has 0 atom stereocenters. The van der Waals surface area contributed by atoms with Crippen molar-refractivity contribution in [1.29, 1.82) is 5.26 Å². The second-order valence-corrected chi connectivity index (χ2v) is 11.2. The summed E-state index contributed by atoms with van der Waals surface area (Å²) in [5.74, 6) is -2.39. The number of morpholine rings is 1. The zero-order valence-electron chi connectivity index (χ0n) is 21.6. The number of nitrogens with one attached hydrogen (secondary N) is 1. The van der Waals surface area contributed by atoms with Crippen LogP contribution in [0.3, 0.4) is 0 Å². The van der Waals surface area contributed by atoms with Crippen molar-refractivity contribution < 1.29 is 36.0 Å². The number of carbonyl (C=O) groups excluding carboxylic acids is 1. The van der Waals surface area contributed by atoms with Crippen LogP contribution in [0.5, 0.6) is 0 Å². The van der Waals surface area contributed by atoms with Crippen molar-refractivity contribution in [2.75, 3.05) is 57.4 Å². The number of ether oxygens (including phenoxy) is 1. The number of alkyl halides is 3. The van der Waals surface area contributed by atoms with Gasteiger partial charge in [0.05, 0.1) is 35.1 Å². The van der Waals surface area contributed by atoms with Gasteiger partial charge in [-0.15, -0.1) is 0 Å². The Kier molecular flexibility index (Phi) is 8.00. The molecule has 3 aromatic rings. The van der Waals surface area contributed by atoms with Crippen LogP contribution in [0, 0.1) is 11.3 Å². The first-order valence-corrected chi connectivity index (χ1v) is 14.1.